The van der Waals surface area contributed by atoms with E-state index in [-0.39, 0.29) is 11.6 Å². The first kappa shape index (κ1) is 16.7. The van der Waals surface area contributed by atoms with E-state index in [9.17, 15) is 8.42 Å². The van der Waals surface area contributed by atoms with Gasteiger partial charge < -0.3 is 9.64 Å². The van der Waals surface area contributed by atoms with Crippen molar-refractivity contribution in [3.8, 4) is 0 Å². The fourth-order valence-corrected chi connectivity index (χ4v) is 6.09. The van der Waals surface area contributed by atoms with Crippen molar-refractivity contribution in [2.24, 2.45) is 5.92 Å². The van der Waals surface area contributed by atoms with E-state index in [2.05, 4.69) is 9.62 Å². The SMILES string of the molecule is CCOCC1CN(C23CC(C2)C3)c2cc(SC)ccc2S(=O)(=O)N1. The maximum absolute atomic E-state index is 12.9. The van der Waals surface area contributed by atoms with Gasteiger partial charge in [-0.25, -0.2) is 13.1 Å². The van der Waals surface area contributed by atoms with Crippen molar-refractivity contribution >= 4 is 27.5 Å². The number of hydrogen-bond acceptors (Lipinski definition) is 5. The molecule has 0 amide bonds. The third kappa shape index (κ3) is 2.57. The zero-order chi connectivity index (χ0) is 16.9. The van der Waals surface area contributed by atoms with Crippen molar-refractivity contribution in [1.29, 1.82) is 0 Å². The summed E-state index contributed by atoms with van der Waals surface area (Å²) in [5.41, 5.74) is 1.04. The van der Waals surface area contributed by atoms with Gasteiger partial charge in [-0.3, -0.25) is 0 Å². The van der Waals surface area contributed by atoms with Crippen LogP contribution in [0.1, 0.15) is 26.2 Å². The molecule has 2 bridgehead atoms. The summed E-state index contributed by atoms with van der Waals surface area (Å²) in [5.74, 6) is 0.843. The number of rotatable bonds is 5. The third-order valence-corrected chi connectivity index (χ3v) is 7.87. The van der Waals surface area contributed by atoms with E-state index in [1.54, 1.807) is 17.8 Å². The normalized spacial score (nSPS) is 33.2. The van der Waals surface area contributed by atoms with E-state index < -0.39 is 10.0 Å². The monoisotopic (exact) mass is 368 g/mol. The van der Waals surface area contributed by atoms with Gasteiger partial charge in [0.25, 0.3) is 0 Å². The van der Waals surface area contributed by atoms with E-state index in [0.29, 0.717) is 24.7 Å². The summed E-state index contributed by atoms with van der Waals surface area (Å²) in [7, 11) is -3.52. The molecule has 24 heavy (non-hydrogen) atoms. The first-order valence-electron chi connectivity index (χ1n) is 8.53. The molecule has 0 aromatic heterocycles. The molecule has 1 aromatic rings. The second kappa shape index (κ2) is 5.90. The minimum Gasteiger partial charge on any atom is -0.380 e. The molecule has 5 nitrogen and oxygen atoms in total. The predicted octanol–water partition coefficient (Wildman–Crippen LogP) is 2.46. The van der Waals surface area contributed by atoms with Crippen LogP contribution in [-0.2, 0) is 14.8 Å². The molecule has 0 radical (unpaired) electrons. The lowest BCUT2D eigenvalue weighted by Gasteiger charge is -2.67. The molecule has 3 fully saturated rings. The Kier molecular flexibility index (Phi) is 4.10. The first-order chi connectivity index (χ1) is 11.5. The number of nitrogens with zero attached hydrogens (tertiary/aromatic N) is 1. The Bertz CT molecular complexity index is 733. The molecule has 132 valence electrons. The minimum atomic E-state index is -3.52. The van der Waals surface area contributed by atoms with Crippen LogP contribution in [0.4, 0.5) is 5.69 Å². The number of ether oxygens (including phenoxy) is 1. The second-order valence-electron chi connectivity index (χ2n) is 7.12. The lowest BCUT2D eigenvalue weighted by atomic mass is 9.49. The van der Waals surface area contributed by atoms with Crippen molar-refractivity contribution in [2.75, 3.05) is 30.9 Å². The van der Waals surface area contributed by atoms with Crippen LogP contribution in [0, 0.1) is 5.92 Å². The van der Waals surface area contributed by atoms with Crippen molar-refractivity contribution in [3.05, 3.63) is 18.2 Å². The van der Waals surface area contributed by atoms with E-state index >= 15 is 0 Å². The Morgan fingerprint density at radius 2 is 2.12 bits per heavy atom. The Hall–Kier alpha value is -0.760. The van der Waals surface area contributed by atoms with Gasteiger partial charge in [0.15, 0.2) is 0 Å². The number of anilines is 1. The summed E-state index contributed by atoms with van der Waals surface area (Å²) in [6.07, 6.45) is 5.60. The molecule has 1 unspecified atom stereocenters. The van der Waals surface area contributed by atoms with Gasteiger partial charge in [0.2, 0.25) is 10.0 Å². The van der Waals surface area contributed by atoms with Gasteiger partial charge >= 0.3 is 0 Å². The van der Waals surface area contributed by atoms with Gasteiger partial charge in [-0.2, -0.15) is 0 Å². The van der Waals surface area contributed by atoms with Gasteiger partial charge in [-0.05, 0) is 56.6 Å². The number of nitrogens with one attached hydrogen (secondary N) is 1. The van der Waals surface area contributed by atoms with Gasteiger partial charge in [-0.1, -0.05) is 0 Å². The van der Waals surface area contributed by atoms with Crippen LogP contribution in [-0.4, -0.2) is 46.0 Å². The average molecular weight is 369 g/mol. The summed E-state index contributed by atoms with van der Waals surface area (Å²) in [6, 6.07) is 5.48. The molecule has 1 atom stereocenters. The maximum atomic E-state index is 12.9. The fraction of sp³-hybridized carbons (Fsp3) is 0.647. The highest BCUT2D eigenvalue weighted by Crippen LogP contribution is 2.62. The molecule has 7 heteroatoms. The number of sulfonamides is 1. The fourth-order valence-electron chi connectivity index (χ4n) is 4.26. The van der Waals surface area contributed by atoms with E-state index in [1.807, 2.05) is 25.3 Å². The van der Waals surface area contributed by atoms with Gasteiger partial charge in [0, 0.05) is 23.6 Å². The number of benzene rings is 1. The molecule has 4 aliphatic rings. The van der Waals surface area contributed by atoms with Crippen LogP contribution in [0.15, 0.2) is 28.0 Å². The first-order valence-corrected chi connectivity index (χ1v) is 11.2. The number of thioether (sulfide) groups is 1. The summed E-state index contributed by atoms with van der Waals surface area (Å²) < 4.78 is 34.1. The Morgan fingerprint density at radius 3 is 2.71 bits per heavy atom. The molecule has 1 N–H and O–H groups in total. The van der Waals surface area contributed by atoms with Crippen LogP contribution in [0.3, 0.4) is 0 Å². The zero-order valence-electron chi connectivity index (χ0n) is 14.1. The Balaban J connectivity index is 1.77. The maximum Gasteiger partial charge on any atom is 0.243 e. The molecule has 1 aliphatic heterocycles. The van der Waals surface area contributed by atoms with Crippen LogP contribution in [0.25, 0.3) is 0 Å². The number of hydrogen-bond donors (Lipinski definition) is 1. The highest BCUT2D eigenvalue weighted by atomic mass is 32.2. The molecule has 1 heterocycles. The summed E-state index contributed by atoms with van der Waals surface area (Å²) in [4.78, 5) is 3.87. The minimum absolute atomic E-state index is 0.169. The topological polar surface area (TPSA) is 58.6 Å². The van der Waals surface area contributed by atoms with Crippen molar-refractivity contribution in [2.45, 2.75) is 47.6 Å². The Labute approximate surface area is 148 Å². The third-order valence-electron chi connectivity index (χ3n) is 5.57. The van der Waals surface area contributed by atoms with Crippen LogP contribution in [0.5, 0.6) is 0 Å². The quantitative estimate of drug-likeness (QED) is 0.809. The van der Waals surface area contributed by atoms with Crippen molar-refractivity contribution in [3.63, 3.8) is 0 Å². The average Bonchev–Trinajstić information content (AvgIpc) is 2.57. The molecule has 5 rings (SSSR count). The van der Waals surface area contributed by atoms with Crippen LogP contribution < -0.4 is 9.62 Å². The molecule has 0 saturated heterocycles. The highest BCUT2D eigenvalue weighted by molar-refractivity contribution is 7.98. The van der Waals surface area contributed by atoms with Crippen molar-refractivity contribution in [1.82, 2.24) is 4.72 Å². The molecular weight excluding hydrogens is 344 g/mol. The van der Waals surface area contributed by atoms with Crippen molar-refractivity contribution < 1.29 is 13.2 Å². The molecule has 3 aliphatic carbocycles. The van der Waals surface area contributed by atoms with E-state index in [4.69, 9.17) is 4.74 Å². The smallest absolute Gasteiger partial charge is 0.243 e. The molecule has 3 saturated carbocycles. The lowest BCUT2D eigenvalue weighted by Crippen LogP contribution is -2.70. The summed E-state index contributed by atoms with van der Waals surface area (Å²) >= 11 is 1.65. The second-order valence-corrected chi connectivity index (χ2v) is 9.69. The predicted molar refractivity (Wildman–Crippen MR) is 96.2 cm³/mol. The Morgan fingerprint density at radius 1 is 1.38 bits per heavy atom. The lowest BCUT2D eigenvalue weighted by molar-refractivity contribution is -0.0271. The van der Waals surface area contributed by atoms with Gasteiger partial charge in [0.05, 0.1) is 18.3 Å². The molecular formula is C17H24N2O3S2. The number of fused-ring (bicyclic) bond motifs is 1. The van der Waals surface area contributed by atoms with E-state index in [1.165, 1.54) is 19.3 Å². The van der Waals surface area contributed by atoms with E-state index in [0.717, 1.165) is 16.5 Å². The van der Waals surface area contributed by atoms with Gasteiger partial charge in [0.1, 0.15) is 4.90 Å². The molecule has 0 spiro atoms. The standard InChI is InChI=1S/C17H24N2O3S2/c1-3-22-11-13-10-19(17-7-12(8-17)9-17)15-6-14(23-2)4-5-16(15)24(20,21)18-13/h4-6,12-13,18H,3,7-11H2,1-2H3. The molecule has 1 aromatic carbocycles. The zero-order valence-corrected chi connectivity index (χ0v) is 15.8. The van der Waals surface area contributed by atoms with Crippen LogP contribution in [0.2, 0.25) is 0 Å². The summed E-state index contributed by atoms with van der Waals surface area (Å²) in [6.45, 7) is 3.62. The highest BCUT2D eigenvalue weighted by Gasteiger charge is 2.61. The largest absolute Gasteiger partial charge is 0.380 e. The van der Waals surface area contributed by atoms with Crippen LogP contribution >= 0.6 is 11.8 Å². The summed E-state index contributed by atoms with van der Waals surface area (Å²) in [5, 5.41) is 0. The van der Waals surface area contributed by atoms with Gasteiger partial charge in [-0.15, -0.1) is 11.8 Å².